The van der Waals surface area contributed by atoms with Crippen LogP contribution in [0.2, 0.25) is 0 Å². The van der Waals surface area contributed by atoms with Crippen molar-refractivity contribution >= 4 is 71.3 Å². The first-order chi connectivity index (χ1) is 27.7. The van der Waals surface area contributed by atoms with Gasteiger partial charge in [0, 0.05) is 19.5 Å². The molecule has 0 radical (unpaired) electrons. The molecule has 10 aromatic rings. The predicted molar refractivity (Wildman–Crippen MR) is 246 cm³/mol. The molecule has 1 aliphatic rings. The van der Waals surface area contributed by atoms with Crippen molar-refractivity contribution in [2.45, 2.75) is 12.8 Å². The molecule has 0 fully saturated rings. The Bertz CT molecular complexity index is 3200. The van der Waals surface area contributed by atoms with E-state index < -0.39 is 0 Å². The minimum absolute atomic E-state index is 1.13. The third-order valence-corrected chi connectivity index (χ3v) is 13.8. The van der Waals surface area contributed by atoms with E-state index >= 15 is 0 Å². The summed E-state index contributed by atoms with van der Waals surface area (Å²) in [6.45, 7) is 0. The molecule has 0 unspecified atom stereocenters. The van der Waals surface area contributed by atoms with Gasteiger partial charge in [0.15, 0.2) is 0 Å². The average Bonchev–Trinajstić information content (AvgIpc) is 3.97. The highest BCUT2D eigenvalue weighted by atomic mass is 32.1. The topological polar surface area (TPSA) is 0 Å². The van der Waals surface area contributed by atoms with Crippen LogP contribution < -0.4 is 0 Å². The maximum atomic E-state index is 2.44. The normalized spacial score (nSPS) is 12.9. The van der Waals surface area contributed by atoms with Crippen LogP contribution in [0.5, 0.6) is 0 Å². The second-order valence-electron chi connectivity index (χ2n) is 14.7. The molecule has 2 heterocycles. The van der Waals surface area contributed by atoms with Crippen LogP contribution in [-0.2, 0) is 0 Å². The molecule has 264 valence electrons. The molecule has 2 heteroatoms. The van der Waals surface area contributed by atoms with E-state index in [0.29, 0.717) is 0 Å². The minimum atomic E-state index is 1.13. The number of hydrogen-bond acceptors (Lipinski definition) is 2. The molecule has 2 aromatic heterocycles. The zero-order valence-electron chi connectivity index (χ0n) is 30.7. The second-order valence-corrected chi connectivity index (χ2v) is 16.9. The highest BCUT2D eigenvalue weighted by molar-refractivity contribution is 7.24. The van der Waals surface area contributed by atoms with E-state index in [4.69, 9.17) is 0 Å². The van der Waals surface area contributed by atoms with Gasteiger partial charge in [0.1, 0.15) is 0 Å². The summed E-state index contributed by atoms with van der Waals surface area (Å²) < 4.78 is 0. The molecule has 8 aromatic carbocycles. The first-order valence-corrected chi connectivity index (χ1v) is 21.0. The molecule has 1 aliphatic carbocycles. The molecular formula is C54H36S2. The molecule has 0 spiro atoms. The molecule has 56 heavy (non-hydrogen) atoms. The third-order valence-electron chi connectivity index (χ3n) is 11.3. The fraction of sp³-hybridized carbons (Fsp3) is 0.0370. The van der Waals surface area contributed by atoms with E-state index in [1.165, 1.54) is 107 Å². The first-order valence-electron chi connectivity index (χ1n) is 19.4. The van der Waals surface area contributed by atoms with E-state index in [0.717, 1.165) is 12.8 Å². The van der Waals surface area contributed by atoms with Gasteiger partial charge in [0.25, 0.3) is 0 Å². The molecule has 0 amide bonds. The minimum Gasteiger partial charge on any atom is -0.134 e. The molecule has 0 nitrogen and oxygen atoms in total. The summed E-state index contributed by atoms with van der Waals surface area (Å²) in [5.41, 5.74) is 10.1. The van der Waals surface area contributed by atoms with Gasteiger partial charge in [0.2, 0.25) is 0 Å². The van der Waals surface area contributed by atoms with E-state index in [1.54, 1.807) is 0 Å². The molecule has 0 saturated heterocycles. The van der Waals surface area contributed by atoms with Gasteiger partial charge in [-0.05, 0) is 149 Å². The Balaban J connectivity index is 1.07. The van der Waals surface area contributed by atoms with Crippen LogP contribution in [0.25, 0.3) is 102 Å². The lowest BCUT2D eigenvalue weighted by Crippen LogP contribution is -1.92. The fourth-order valence-corrected chi connectivity index (χ4v) is 10.7. The molecular weight excluding hydrogens is 713 g/mol. The predicted octanol–water partition coefficient (Wildman–Crippen LogP) is 16.5. The van der Waals surface area contributed by atoms with Gasteiger partial charge in [-0.25, -0.2) is 0 Å². The Morgan fingerprint density at radius 1 is 0.321 bits per heavy atom. The molecule has 0 bridgehead atoms. The van der Waals surface area contributed by atoms with Crippen LogP contribution in [0.15, 0.2) is 194 Å². The molecule has 0 aliphatic heterocycles. The van der Waals surface area contributed by atoms with Crippen molar-refractivity contribution in [3.05, 3.63) is 199 Å². The van der Waals surface area contributed by atoms with Gasteiger partial charge in [-0.3, -0.25) is 0 Å². The van der Waals surface area contributed by atoms with Crippen LogP contribution in [0.4, 0.5) is 0 Å². The number of rotatable bonds is 6. The monoisotopic (exact) mass is 748 g/mol. The van der Waals surface area contributed by atoms with Gasteiger partial charge >= 0.3 is 0 Å². The number of benzene rings is 8. The van der Waals surface area contributed by atoms with Crippen molar-refractivity contribution in [2.75, 3.05) is 0 Å². The van der Waals surface area contributed by atoms with E-state index in [1.807, 2.05) is 22.7 Å². The van der Waals surface area contributed by atoms with Crippen molar-refractivity contribution < 1.29 is 0 Å². The average molecular weight is 749 g/mol. The zero-order valence-corrected chi connectivity index (χ0v) is 32.3. The molecule has 11 rings (SSSR count). The number of thiophene rings is 2. The van der Waals surface area contributed by atoms with Crippen LogP contribution >= 0.6 is 22.7 Å². The highest BCUT2D eigenvalue weighted by Crippen LogP contribution is 2.46. The molecule has 0 saturated carbocycles. The van der Waals surface area contributed by atoms with Gasteiger partial charge in [-0.15, -0.1) is 22.7 Å². The standard InChI is InChI=1S/C54H36S2/c1-2-13-37(14-3-1)49-27-29-51(55-49)52-30-28-50(56-52)42-18-10-17-40(31-42)41-25-26-47-48(34-41)54(44-24-22-36-12-5-7-16-39(36)33-44)46-20-9-8-19-45(46)53(47)43-23-21-35-11-4-6-15-38(35)32-43/h2,4-34H,1,3H2. The number of allylic oxidation sites excluding steroid dienone is 4. The van der Waals surface area contributed by atoms with Crippen molar-refractivity contribution in [3.8, 4) is 53.6 Å². The van der Waals surface area contributed by atoms with Crippen LogP contribution in [-0.4, -0.2) is 0 Å². The summed E-state index contributed by atoms with van der Waals surface area (Å²) in [6, 6.07) is 65.6. The van der Waals surface area contributed by atoms with Gasteiger partial charge in [0.05, 0.1) is 0 Å². The lowest BCUT2D eigenvalue weighted by Gasteiger charge is -2.19. The van der Waals surface area contributed by atoms with Crippen molar-refractivity contribution in [1.29, 1.82) is 0 Å². The maximum absolute atomic E-state index is 2.44. The Hall–Kier alpha value is -6.32. The Morgan fingerprint density at radius 2 is 0.857 bits per heavy atom. The number of fused-ring (bicyclic) bond motifs is 4. The van der Waals surface area contributed by atoms with Gasteiger partial charge < -0.3 is 0 Å². The lowest BCUT2D eigenvalue weighted by atomic mass is 9.84. The smallest absolute Gasteiger partial charge is 0.0449 e. The van der Waals surface area contributed by atoms with Gasteiger partial charge in [-0.2, -0.15) is 0 Å². The van der Waals surface area contributed by atoms with Crippen LogP contribution in [0.3, 0.4) is 0 Å². The van der Waals surface area contributed by atoms with E-state index in [-0.39, 0.29) is 0 Å². The maximum Gasteiger partial charge on any atom is 0.0449 e. The second kappa shape index (κ2) is 13.8. The highest BCUT2D eigenvalue weighted by Gasteiger charge is 2.19. The van der Waals surface area contributed by atoms with Crippen molar-refractivity contribution in [1.82, 2.24) is 0 Å². The van der Waals surface area contributed by atoms with Crippen LogP contribution in [0, 0.1) is 0 Å². The first kappa shape index (κ1) is 33.1. The SMILES string of the molecule is C1=CC(c2ccc(-c3ccc(-c4cccc(-c5ccc6c(-c7ccc8ccccc8c7)c7ccccc7c(-c7ccc8ccccc8c7)c6c5)c4)s3)s2)=CCC1. The number of hydrogen-bond donors (Lipinski definition) is 0. The third kappa shape index (κ3) is 5.81. The Labute approximate surface area is 335 Å². The summed E-state index contributed by atoms with van der Waals surface area (Å²) in [6.07, 6.45) is 9.20. The fourth-order valence-electron chi connectivity index (χ4n) is 8.57. The van der Waals surface area contributed by atoms with Crippen LogP contribution in [0.1, 0.15) is 17.7 Å². The lowest BCUT2D eigenvalue weighted by molar-refractivity contribution is 1.04. The molecule has 0 N–H and O–H groups in total. The Kier molecular flexibility index (Phi) is 8.12. The summed E-state index contributed by atoms with van der Waals surface area (Å²) in [5.74, 6) is 0. The van der Waals surface area contributed by atoms with Crippen molar-refractivity contribution in [2.24, 2.45) is 0 Å². The van der Waals surface area contributed by atoms with E-state index in [2.05, 4.69) is 194 Å². The largest absolute Gasteiger partial charge is 0.134 e. The van der Waals surface area contributed by atoms with E-state index in [9.17, 15) is 0 Å². The summed E-state index contributed by atoms with van der Waals surface area (Å²) in [4.78, 5) is 5.29. The molecule has 0 atom stereocenters. The van der Waals surface area contributed by atoms with Gasteiger partial charge in [-0.1, -0.05) is 146 Å². The summed E-state index contributed by atoms with van der Waals surface area (Å²) in [5, 5.41) is 10.1. The quantitative estimate of drug-likeness (QED) is 0.149. The summed E-state index contributed by atoms with van der Waals surface area (Å²) >= 11 is 3.77. The summed E-state index contributed by atoms with van der Waals surface area (Å²) in [7, 11) is 0. The van der Waals surface area contributed by atoms with Crippen molar-refractivity contribution in [3.63, 3.8) is 0 Å². The zero-order chi connectivity index (χ0) is 37.0. The Morgan fingerprint density at radius 3 is 1.54 bits per heavy atom.